The van der Waals surface area contributed by atoms with E-state index in [-0.39, 0.29) is 17.4 Å². The molecule has 0 saturated carbocycles. The highest BCUT2D eigenvalue weighted by Crippen LogP contribution is 2.47. The van der Waals surface area contributed by atoms with Gasteiger partial charge in [-0.25, -0.2) is 0 Å². The Bertz CT molecular complexity index is 1200. The number of carbonyl (C=O) groups is 1. The van der Waals surface area contributed by atoms with Gasteiger partial charge in [0.05, 0.1) is 13.2 Å². The van der Waals surface area contributed by atoms with Crippen molar-refractivity contribution in [2.24, 2.45) is 0 Å². The fourth-order valence-corrected chi connectivity index (χ4v) is 6.69. The smallest absolute Gasteiger partial charge is 0.237 e. The number of likely N-dealkylation sites (tertiary alicyclic amines) is 1. The van der Waals surface area contributed by atoms with Crippen molar-refractivity contribution in [3.05, 3.63) is 101 Å². The van der Waals surface area contributed by atoms with E-state index < -0.39 is 11.5 Å². The summed E-state index contributed by atoms with van der Waals surface area (Å²) in [5, 5.41) is 11.6. The number of fused-ring (bicyclic) bond motifs is 4. The summed E-state index contributed by atoms with van der Waals surface area (Å²) in [5.74, 6) is 0.916. The van der Waals surface area contributed by atoms with Crippen LogP contribution in [-0.2, 0) is 22.0 Å². The zero-order valence-electron chi connectivity index (χ0n) is 22.4. The average molecular weight is 499 g/mol. The second-order valence-electron chi connectivity index (χ2n) is 11.0. The first-order valence-electron chi connectivity index (χ1n) is 13.2. The lowest BCUT2D eigenvalue weighted by Crippen LogP contribution is -2.62. The zero-order chi connectivity index (χ0) is 26.2. The quantitative estimate of drug-likeness (QED) is 0.524. The molecule has 5 nitrogen and oxygen atoms in total. The van der Waals surface area contributed by atoms with E-state index in [1.807, 2.05) is 56.6 Å². The lowest BCUT2D eigenvalue weighted by atomic mass is 9.62. The molecule has 1 N–H and O–H groups in total. The molecule has 1 fully saturated rings. The van der Waals surface area contributed by atoms with Gasteiger partial charge in [0.15, 0.2) is 0 Å². The number of ether oxygens (including phenoxy) is 1. The highest BCUT2D eigenvalue weighted by molar-refractivity contribution is 5.92. The summed E-state index contributed by atoms with van der Waals surface area (Å²) in [5.41, 5.74) is 3.38. The van der Waals surface area contributed by atoms with Gasteiger partial charge in [0.1, 0.15) is 11.2 Å². The number of aliphatic hydroxyl groups is 1. The number of carbonyl (C=O) groups excluding carboxylic acids is 1. The maximum absolute atomic E-state index is 14.0. The molecule has 3 atom stereocenters. The maximum atomic E-state index is 14.0. The summed E-state index contributed by atoms with van der Waals surface area (Å²) in [7, 11) is 5.37. The van der Waals surface area contributed by atoms with Crippen LogP contribution < -0.4 is 4.74 Å². The van der Waals surface area contributed by atoms with Gasteiger partial charge < -0.3 is 14.7 Å². The molecule has 5 heteroatoms. The first kappa shape index (κ1) is 25.5. The predicted octanol–water partition coefficient (Wildman–Crippen LogP) is 4.41. The monoisotopic (exact) mass is 498 g/mol. The molecule has 5 rings (SSSR count). The molecule has 2 bridgehead atoms. The van der Waals surface area contributed by atoms with Crippen molar-refractivity contribution in [2.45, 2.75) is 49.2 Å². The molecule has 0 aromatic heterocycles. The maximum Gasteiger partial charge on any atom is 0.237 e. The Morgan fingerprint density at radius 1 is 1.05 bits per heavy atom. The molecule has 1 unspecified atom stereocenters. The zero-order valence-corrected chi connectivity index (χ0v) is 22.4. The van der Waals surface area contributed by atoms with Crippen LogP contribution in [0.2, 0.25) is 0 Å². The summed E-state index contributed by atoms with van der Waals surface area (Å²) in [6.45, 7) is 3.78. The molecule has 1 amide bonds. The van der Waals surface area contributed by atoms with Crippen LogP contribution in [0.4, 0.5) is 0 Å². The first-order valence-corrected chi connectivity index (χ1v) is 13.2. The SMILES string of the molecule is COc1ccc2c(c1)[C@@]1(C)CCN(CCC(C(=O)N(C)C)(c3ccccc3)c3ccccc3)C(C2)[C@H]1O. The number of methoxy groups -OCH3 is 1. The summed E-state index contributed by atoms with van der Waals surface area (Å²) < 4.78 is 5.49. The van der Waals surface area contributed by atoms with E-state index >= 15 is 0 Å². The normalized spacial score (nSPS) is 23.3. The number of hydrogen-bond acceptors (Lipinski definition) is 4. The standard InChI is InChI=1S/C32H38N2O3/c1-31-17-19-34(28(29(31)35)21-23-15-16-26(37-4)22-27(23)31)20-18-32(30(36)33(2)3,24-11-7-5-8-12-24)25-13-9-6-10-14-25/h5-16,22,28-29,35H,17-21H2,1-4H3/t28?,29-,31-/m1/s1. The summed E-state index contributed by atoms with van der Waals surface area (Å²) in [6, 6.07) is 26.6. The highest BCUT2D eigenvalue weighted by Gasteiger charge is 2.51. The molecule has 1 saturated heterocycles. The molecule has 37 heavy (non-hydrogen) atoms. The third-order valence-corrected chi connectivity index (χ3v) is 8.84. The number of benzene rings is 3. The molecular formula is C32H38N2O3. The minimum atomic E-state index is -0.808. The van der Waals surface area contributed by atoms with Gasteiger partial charge in [-0.1, -0.05) is 73.7 Å². The van der Waals surface area contributed by atoms with Crippen LogP contribution in [-0.4, -0.2) is 67.3 Å². The lowest BCUT2D eigenvalue weighted by Gasteiger charge is -2.54. The van der Waals surface area contributed by atoms with E-state index in [0.717, 1.165) is 36.3 Å². The van der Waals surface area contributed by atoms with Crippen molar-refractivity contribution in [3.63, 3.8) is 0 Å². The van der Waals surface area contributed by atoms with Crippen molar-refractivity contribution in [1.82, 2.24) is 9.80 Å². The van der Waals surface area contributed by atoms with E-state index in [1.54, 1.807) is 12.0 Å². The van der Waals surface area contributed by atoms with E-state index in [4.69, 9.17) is 4.74 Å². The van der Waals surface area contributed by atoms with Crippen LogP contribution in [0.3, 0.4) is 0 Å². The lowest BCUT2D eigenvalue weighted by molar-refractivity contribution is -0.134. The predicted molar refractivity (Wildman–Crippen MR) is 147 cm³/mol. The van der Waals surface area contributed by atoms with E-state index in [1.165, 1.54) is 11.1 Å². The third kappa shape index (κ3) is 4.24. The Balaban J connectivity index is 1.50. The van der Waals surface area contributed by atoms with E-state index in [0.29, 0.717) is 13.0 Å². The van der Waals surface area contributed by atoms with Gasteiger partial charge >= 0.3 is 0 Å². The molecular weight excluding hydrogens is 460 g/mol. The van der Waals surface area contributed by atoms with Crippen LogP contribution in [0, 0.1) is 0 Å². The Labute approximate surface area is 220 Å². The van der Waals surface area contributed by atoms with Crippen molar-refractivity contribution in [2.75, 3.05) is 34.3 Å². The second-order valence-corrected chi connectivity index (χ2v) is 11.0. The third-order valence-electron chi connectivity index (χ3n) is 8.84. The van der Waals surface area contributed by atoms with Crippen LogP contribution >= 0.6 is 0 Å². The minimum absolute atomic E-state index is 0.0124. The van der Waals surface area contributed by atoms with Crippen LogP contribution in [0.5, 0.6) is 5.75 Å². The number of nitrogens with zero attached hydrogens (tertiary/aromatic N) is 2. The number of aliphatic hydroxyl groups excluding tert-OH is 1. The Morgan fingerprint density at radius 2 is 1.68 bits per heavy atom. The summed E-state index contributed by atoms with van der Waals surface area (Å²) >= 11 is 0. The van der Waals surface area contributed by atoms with Gasteiger partial charge in [-0.05, 0) is 60.2 Å². The van der Waals surface area contributed by atoms with Gasteiger partial charge in [0, 0.05) is 32.1 Å². The van der Waals surface area contributed by atoms with Gasteiger partial charge in [-0.2, -0.15) is 0 Å². The van der Waals surface area contributed by atoms with Gasteiger partial charge in [0.2, 0.25) is 5.91 Å². The number of rotatable bonds is 7. The molecule has 3 aromatic rings. The van der Waals surface area contributed by atoms with Crippen molar-refractivity contribution < 1.29 is 14.6 Å². The van der Waals surface area contributed by atoms with Crippen molar-refractivity contribution >= 4 is 5.91 Å². The van der Waals surface area contributed by atoms with Crippen LogP contribution in [0.15, 0.2) is 78.9 Å². The van der Waals surface area contributed by atoms with Gasteiger partial charge in [-0.15, -0.1) is 0 Å². The molecule has 0 spiro atoms. The minimum Gasteiger partial charge on any atom is -0.497 e. The number of likely N-dealkylation sites (N-methyl/N-ethyl adjacent to an activating group) is 1. The molecule has 0 radical (unpaired) electrons. The Kier molecular flexibility index (Phi) is 6.86. The molecule has 1 aliphatic heterocycles. The Hall–Kier alpha value is -3.15. The molecule has 3 aromatic carbocycles. The molecule has 1 heterocycles. The topological polar surface area (TPSA) is 53.0 Å². The van der Waals surface area contributed by atoms with Crippen molar-refractivity contribution in [3.8, 4) is 5.75 Å². The van der Waals surface area contributed by atoms with E-state index in [9.17, 15) is 9.90 Å². The average Bonchev–Trinajstić information content (AvgIpc) is 2.93. The number of piperidine rings is 1. The summed E-state index contributed by atoms with van der Waals surface area (Å²) in [4.78, 5) is 18.2. The molecule has 194 valence electrons. The summed E-state index contributed by atoms with van der Waals surface area (Å²) in [6.07, 6.45) is 1.80. The highest BCUT2D eigenvalue weighted by atomic mass is 16.5. The fourth-order valence-electron chi connectivity index (χ4n) is 6.69. The van der Waals surface area contributed by atoms with Crippen LogP contribution in [0.25, 0.3) is 0 Å². The number of hydrogen-bond donors (Lipinski definition) is 1. The molecule has 2 aliphatic rings. The van der Waals surface area contributed by atoms with E-state index in [2.05, 4.69) is 48.2 Å². The largest absolute Gasteiger partial charge is 0.497 e. The van der Waals surface area contributed by atoms with Gasteiger partial charge in [-0.3, -0.25) is 9.69 Å². The molecule has 1 aliphatic carbocycles. The van der Waals surface area contributed by atoms with Crippen LogP contribution in [0.1, 0.15) is 42.0 Å². The van der Waals surface area contributed by atoms with Crippen molar-refractivity contribution in [1.29, 1.82) is 0 Å². The Morgan fingerprint density at radius 3 is 2.24 bits per heavy atom. The fraction of sp³-hybridized carbons (Fsp3) is 0.406. The number of amides is 1. The second kappa shape index (κ2) is 9.96. The first-order chi connectivity index (χ1) is 17.8. The van der Waals surface area contributed by atoms with Gasteiger partial charge in [0.25, 0.3) is 0 Å².